The largest absolute Gasteiger partial charge is 0.416 e. The predicted octanol–water partition coefficient (Wildman–Crippen LogP) is 8.00. The SMILES string of the molecule is CC(C)[Si](OCCC1C[Si]1(C(C)(C)C)C(C)(C)C)(C(C)C)C(C)C. The van der Waals surface area contributed by atoms with Crippen molar-refractivity contribution in [1.82, 2.24) is 0 Å². The van der Waals surface area contributed by atoms with E-state index in [0.29, 0.717) is 26.7 Å². The molecule has 1 fully saturated rings. The second-order valence-corrected chi connectivity index (χ2v) is 23.0. The van der Waals surface area contributed by atoms with Gasteiger partial charge in [0.05, 0.1) is 8.07 Å². The molecule has 1 aliphatic heterocycles. The molecule has 24 heavy (non-hydrogen) atoms. The van der Waals surface area contributed by atoms with E-state index in [4.69, 9.17) is 4.43 Å². The minimum absolute atomic E-state index is 0.512. The van der Waals surface area contributed by atoms with Crippen molar-refractivity contribution in [2.24, 2.45) is 0 Å². The first-order valence-corrected chi connectivity index (χ1v) is 14.7. The van der Waals surface area contributed by atoms with Gasteiger partial charge in [-0.3, -0.25) is 0 Å². The second kappa shape index (κ2) is 7.19. The third-order valence-electron chi connectivity index (χ3n) is 7.31. The van der Waals surface area contributed by atoms with E-state index in [-0.39, 0.29) is 0 Å². The van der Waals surface area contributed by atoms with Crippen LogP contribution in [0.5, 0.6) is 0 Å². The molecule has 0 N–H and O–H groups in total. The number of hydrogen-bond donors (Lipinski definition) is 0. The van der Waals surface area contributed by atoms with Crippen LogP contribution in [0.3, 0.4) is 0 Å². The van der Waals surface area contributed by atoms with Crippen LogP contribution in [0.15, 0.2) is 0 Å². The Labute approximate surface area is 155 Å². The zero-order valence-corrected chi connectivity index (χ0v) is 20.8. The Kier molecular flexibility index (Phi) is 6.72. The molecule has 1 rings (SSSR count). The molecular formula is C21H46OSi2. The van der Waals surface area contributed by atoms with Gasteiger partial charge in [-0.05, 0) is 38.7 Å². The summed E-state index contributed by atoms with van der Waals surface area (Å²) in [5.41, 5.74) is 3.06. The molecule has 3 heteroatoms. The van der Waals surface area contributed by atoms with E-state index in [9.17, 15) is 0 Å². The van der Waals surface area contributed by atoms with Crippen LogP contribution in [-0.2, 0) is 4.43 Å². The minimum atomic E-state index is -1.69. The Morgan fingerprint density at radius 1 is 0.833 bits per heavy atom. The highest BCUT2D eigenvalue weighted by molar-refractivity contribution is 6.95. The summed E-state index contributed by atoms with van der Waals surface area (Å²) in [5, 5.41) is 1.02. The highest BCUT2D eigenvalue weighted by Gasteiger charge is 2.67. The average molecular weight is 371 g/mol. The maximum atomic E-state index is 6.84. The monoisotopic (exact) mass is 370 g/mol. The lowest BCUT2D eigenvalue weighted by molar-refractivity contribution is 0.273. The lowest BCUT2D eigenvalue weighted by atomic mass is 10.2. The molecule has 0 bridgehead atoms. The highest BCUT2D eigenvalue weighted by atomic mass is 28.4. The lowest BCUT2D eigenvalue weighted by Gasteiger charge is -2.43. The summed E-state index contributed by atoms with van der Waals surface area (Å²) in [7, 11) is -2.92. The summed E-state index contributed by atoms with van der Waals surface area (Å²) in [6.45, 7) is 30.4. The van der Waals surface area contributed by atoms with Crippen LogP contribution in [0.1, 0.15) is 89.5 Å². The first kappa shape index (κ1) is 22.4. The van der Waals surface area contributed by atoms with Gasteiger partial charge in [-0.1, -0.05) is 89.1 Å². The van der Waals surface area contributed by atoms with Crippen molar-refractivity contribution >= 4 is 16.4 Å². The molecule has 0 radical (unpaired) electrons. The molecule has 1 unspecified atom stereocenters. The molecule has 1 nitrogen and oxygen atoms in total. The van der Waals surface area contributed by atoms with Crippen molar-refractivity contribution in [2.75, 3.05) is 6.61 Å². The van der Waals surface area contributed by atoms with Crippen LogP contribution < -0.4 is 0 Å². The van der Waals surface area contributed by atoms with E-state index in [2.05, 4.69) is 83.1 Å². The van der Waals surface area contributed by atoms with Crippen LogP contribution in [0, 0.1) is 0 Å². The van der Waals surface area contributed by atoms with Gasteiger partial charge in [0.15, 0.2) is 8.32 Å². The van der Waals surface area contributed by atoms with E-state index in [1.54, 1.807) is 0 Å². The summed E-state index contributed by atoms with van der Waals surface area (Å²) < 4.78 is 6.84. The molecule has 0 aromatic heterocycles. The van der Waals surface area contributed by atoms with Crippen LogP contribution in [-0.4, -0.2) is 23.0 Å². The molecule has 1 saturated heterocycles. The fraction of sp³-hybridized carbons (Fsp3) is 1.00. The summed E-state index contributed by atoms with van der Waals surface area (Å²) in [6, 6.07) is 1.52. The Bertz CT molecular complexity index is 377. The molecule has 0 amide bonds. The van der Waals surface area contributed by atoms with Gasteiger partial charge in [0.2, 0.25) is 0 Å². The van der Waals surface area contributed by atoms with Crippen molar-refractivity contribution in [3.05, 3.63) is 0 Å². The average Bonchev–Trinajstić information content (AvgIpc) is 3.07. The second-order valence-electron chi connectivity index (χ2n) is 11.3. The van der Waals surface area contributed by atoms with Gasteiger partial charge in [-0.25, -0.2) is 0 Å². The van der Waals surface area contributed by atoms with Crippen molar-refractivity contribution in [3.8, 4) is 0 Å². The quantitative estimate of drug-likeness (QED) is 0.412. The van der Waals surface area contributed by atoms with Gasteiger partial charge in [0.25, 0.3) is 0 Å². The van der Waals surface area contributed by atoms with E-state index in [1.807, 2.05) is 0 Å². The highest BCUT2D eigenvalue weighted by Crippen LogP contribution is 2.72. The number of hydrogen-bond acceptors (Lipinski definition) is 1. The Morgan fingerprint density at radius 2 is 1.21 bits per heavy atom. The number of rotatable bonds is 7. The predicted molar refractivity (Wildman–Crippen MR) is 115 cm³/mol. The molecule has 0 aromatic carbocycles. The zero-order chi connectivity index (χ0) is 19.1. The smallest absolute Gasteiger partial charge is 0.200 e. The topological polar surface area (TPSA) is 9.23 Å². The van der Waals surface area contributed by atoms with Gasteiger partial charge in [0.1, 0.15) is 0 Å². The summed E-state index contributed by atoms with van der Waals surface area (Å²) in [6.07, 6.45) is 1.31. The zero-order valence-electron chi connectivity index (χ0n) is 18.8. The third kappa shape index (κ3) is 3.73. The molecule has 1 atom stereocenters. The molecular weight excluding hydrogens is 324 g/mol. The molecule has 144 valence electrons. The maximum Gasteiger partial charge on any atom is 0.200 e. The standard InChI is InChI=1S/C21H46OSi2/c1-16(2)24(17(3)4,18(5)6)22-14-13-19-15-23(19,20(7,8)9)21(10,11)12/h16-19H,13-15H2,1-12H3. The van der Waals surface area contributed by atoms with E-state index >= 15 is 0 Å². The van der Waals surface area contributed by atoms with Gasteiger partial charge < -0.3 is 4.43 Å². The van der Waals surface area contributed by atoms with Crippen LogP contribution >= 0.6 is 0 Å². The Balaban J connectivity index is 2.81. The maximum absolute atomic E-state index is 6.84. The van der Waals surface area contributed by atoms with Crippen LogP contribution in [0.2, 0.25) is 38.3 Å². The molecule has 1 heterocycles. The summed E-state index contributed by atoms with van der Waals surface area (Å²) in [4.78, 5) is 0. The minimum Gasteiger partial charge on any atom is -0.416 e. The normalized spacial score (nSPS) is 21.9. The van der Waals surface area contributed by atoms with E-state index in [0.717, 1.165) is 12.1 Å². The molecule has 0 aliphatic carbocycles. The van der Waals surface area contributed by atoms with Crippen molar-refractivity contribution < 1.29 is 4.43 Å². The van der Waals surface area contributed by atoms with E-state index in [1.165, 1.54) is 12.5 Å². The van der Waals surface area contributed by atoms with E-state index < -0.39 is 16.4 Å². The Hall–Kier alpha value is 0.394. The fourth-order valence-corrected chi connectivity index (χ4v) is 20.0. The molecule has 0 saturated carbocycles. The summed E-state index contributed by atoms with van der Waals surface area (Å²) >= 11 is 0. The van der Waals surface area contributed by atoms with Gasteiger partial charge in [0, 0.05) is 6.61 Å². The Morgan fingerprint density at radius 3 is 1.46 bits per heavy atom. The fourth-order valence-electron chi connectivity index (χ4n) is 6.52. The van der Waals surface area contributed by atoms with Crippen LogP contribution in [0.4, 0.5) is 0 Å². The first-order chi connectivity index (χ1) is 10.6. The first-order valence-electron chi connectivity index (χ1n) is 10.3. The lowest BCUT2D eigenvalue weighted by Crippen LogP contribution is -2.48. The van der Waals surface area contributed by atoms with Crippen molar-refractivity contribution in [3.63, 3.8) is 0 Å². The molecule has 0 aromatic rings. The van der Waals surface area contributed by atoms with Crippen molar-refractivity contribution in [2.45, 2.75) is 128 Å². The molecule has 1 aliphatic rings. The third-order valence-corrected chi connectivity index (χ3v) is 21.3. The summed E-state index contributed by atoms with van der Waals surface area (Å²) in [5.74, 6) is 0. The van der Waals surface area contributed by atoms with Crippen molar-refractivity contribution in [1.29, 1.82) is 0 Å². The van der Waals surface area contributed by atoms with Gasteiger partial charge in [-0.15, -0.1) is 0 Å². The molecule has 0 spiro atoms. The van der Waals surface area contributed by atoms with Crippen LogP contribution in [0.25, 0.3) is 0 Å². The van der Waals surface area contributed by atoms with Gasteiger partial charge >= 0.3 is 0 Å². The van der Waals surface area contributed by atoms with Gasteiger partial charge in [-0.2, -0.15) is 0 Å².